The van der Waals surface area contributed by atoms with Gasteiger partial charge in [0.1, 0.15) is 0 Å². The number of nitrogens with zero attached hydrogens (tertiary/aromatic N) is 2. The Morgan fingerprint density at radius 1 is 1.29 bits per heavy atom. The van der Waals surface area contributed by atoms with Crippen LogP contribution in [-0.2, 0) is 6.54 Å². The van der Waals surface area contributed by atoms with Crippen molar-refractivity contribution in [2.24, 2.45) is 0 Å². The minimum Gasteiger partial charge on any atom is -0.311 e. The van der Waals surface area contributed by atoms with Gasteiger partial charge in [0.05, 0.1) is 12.0 Å². The zero-order chi connectivity index (χ0) is 12.3. The van der Waals surface area contributed by atoms with Crippen LogP contribution in [0.2, 0.25) is 0 Å². The molecular formula is C14H19N3. The topological polar surface area (TPSA) is 29.9 Å². The van der Waals surface area contributed by atoms with Crippen molar-refractivity contribution in [2.45, 2.75) is 27.3 Å². The molecule has 1 aromatic carbocycles. The molecule has 0 saturated heterocycles. The first-order chi connectivity index (χ1) is 8.22. The Hall–Kier alpha value is -1.61. The maximum atomic E-state index is 4.40. The van der Waals surface area contributed by atoms with Gasteiger partial charge in [-0.1, -0.05) is 19.1 Å². The second kappa shape index (κ2) is 5.15. The minimum absolute atomic E-state index is 0.828. The van der Waals surface area contributed by atoms with Gasteiger partial charge in [-0.25, -0.2) is 4.98 Å². The molecule has 17 heavy (non-hydrogen) atoms. The Balaban J connectivity index is 2.27. The SMILES string of the molecule is CCNCc1cn(-c2cccc(C)c2C)cn1. The highest BCUT2D eigenvalue weighted by Crippen LogP contribution is 2.17. The maximum Gasteiger partial charge on any atom is 0.0995 e. The van der Waals surface area contributed by atoms with Crippen LogP contribution in [0.1, 0.15) is 23.7 Å². The lowest BCUT2D eigenvalue weighted by Crippen LogP contribution is -2.11. The van der Waals surface area contributed by atoms with Gasteiger partial charge in [-0.05, 0) is 37.6 Å². The van der Waals surface area contributed by atoms with Gasteiger partial charge >= 0.3 is 0 Å². The van der Waals surface area contributed by atoms with Crippen LogP contribution in [0.3, 0.4) is 0 Å². The van der Waals surface area contributed by atoms with E-state index in [-0.39, 0.29) is 0 Å². The third-order valence-corrected chi connectivity index (χ3v) is 3.05. The Morgan fingerprint density at radius 3 is 2.88 bits per heavy atom. The van der Waals surface area contributed by atoms with Crippen LogP contribution in [0.5, 0.6) is 0 Å². The van der Waals surface area contributed by atoms with E-state index >= 15 is 0 Å². The smallest absolute Gasteiger partial charge is 0.0995 e. The second-order valence-electron chi connectivity index (χ2n) is 4.27. The molecule has 0 unspecified atom stereocenters. The zero-order valence-corrected chi connectivity index (χ0v) is 10.7. The zero-order valence-electron chi connectivity index (χ0n) is 10.7. The van der Waals surface area contributed by atoms with Crippen LogP contribution >= 0.6 is 0 Å². The van der Waals surface area contributed by atoms with Crippen molar-refractivity contribution in [1.29, 1.82) is 0 Å². The summed E-state index contributed by atoms with van der Waals surface area (Å²) in [5.74, 6) is 0. The molecule has 2 aromatic rings. The van der Waals surface area contributed by atoms with Crippen molar-refractivity contribution < 1.29 is 0 Å². The Morgan fingerprint density at radius 2 is 2.12 bits per heavy atom. The molecule has 0 aliphatic carbocycles. The fourth-order valence-electron chi connectivity index (χ4n) is 1.85. The van der Waals surface area contributed by atoms with Crippen molar-refractivity contribution in [1.82, 2.24) is 14.9 Å². The summed E-state index contributed by atoms with van der Waals surface area (Å²) >= 11 is 0. The summed E-state index contributed by atoms with van der Waals surface area (Å²) in [5.41, 5.74) is 4.90. The summed E-state index contributed by atoms with van der Waals surface area (Å²) in [6.07, 6.45) is 3.97. The Labute approximate surface area is 103 Å². The number of aryl methyl sites for hydroxylation is 1. The third-order valence-electron chi connectivity index (χ3n) is 3.05. The van der Waals surface area contributed by atoms with Gasteiger partial charge < -0.3 is 9.88 Å². The molecule has 0 radical (unpaired) electrons. The van der Waals surface area contributed by atoms with Crippen LogP contribution in [0, 0.1) is 13.8 Å². The number of hydrogen-bond acceptors (Lipinski definition) is 2. The van der Waals surface area contributed by atoms with Crippen molar-refractivity contribution in [2.75, 3.05) is 6.54 Å². The van der Waals surface area contributed by atoms with Crippen LogP contribution < -0.4 is 5.32 Å². The van der Waals surface area contributed by atoms with E-state index in [9.17, 15) is 0 Å². The monoisotopic (exact) mass is 229 g/mol. The average molecular weight is 229 g/mol. The van der Waals surface area contributed by atoms with Gasteiger partial charge in [0, 0.05) is 18.4 Å². The molecule has 0 aliphatic heterocycles. The predicted octanol–water partition coefficient (Wildman–Crippen LogP) is 2.60. The number of nitrogens with one attached hydrogen (secondary N) is 1. The lowest BCUT2D eigenvalue weighted by Gasteiger charge is -2.08. The van der Waals surface area contributed by atoms with E-state index in [0.717, 1.165) is 18.8 Å². The molecule has 0 amide bonds. The summed E-state index contributed by atoms with van der Waals surface area (Å²) in [6, 6.07) is 6.35. The van der Waals surface area contributed by atoms with Gasteiger partial charge in [0.2, 0.25) is 0 Å². The molecule has 3 heteroatoms. The van der Waals surface area contributed by atoms with Gasteiger partial charge in [0.15, 0.2) is 0 Å². The number of rotatable bonds is 4. The highest BCUT2D eigenvalue weighted by atomic mass is 15.1. The van der Waals surface area contributed by atoms with E-state index in [1.54, 1.807) is 0 Å². The van der Waals surface area contributed by atoms with Crippen molar-refractivity contribution in [3.63, 3.8) is 0 Å². The van der Waals surface area contributed by atoms with E-state index < -0.39 is 0 Å². The molecule has 1 aromatic heterocycles. The molecule has 1 N–H and O–H groups in total. The Bertz CT molecular complexity index is 500. The van der Waals surface area contributed by atoms with Crippen molar-refractivity contribution in [3.8, 4) is 5.69 Å². The number of benzene rings is 1. The lowest BCUT2D eigenvalue weighted by molar-refractivity contribution is 0.713. The number of imidazole rings is 1. The quantitative estimate of drug-likeness (QED) is 0.873. The lowest BCUT2D eigenvalue weighted by atomic mass is 10.1. The highest BCUT2D eigenvalue weighted by Gasteiger charge is 2.04. The highest BCUT2D eigenvalue weighted by molar-refractivity contribution is 5.44. The molecule has 0 saturated carbocycles. The fraction of sp³-hybridized carbons (Fsp3) is 0.357. The van der Waals surface area contributed by atoms with Crippen LogP contribution in [0.4, 0.5) is 0 Å². The largest absolute Gasteiger partial charge is 0.311 e. The second-order valence-corrected chi connectivity index (χ2v) is 4.27. The summed E-state index contributed by atoms with van der Waals surface area (Å²) in [4.78, 5) is 4.40. The average Bonchev–Trinajstić information content (AvgIpc) is 2.78. The van der Waals surface area contributed by atoms with E-state index in [0.29, 0.717) is 0 Å². The van der Waals surface area contributed by atoms with Gasteiger partial charge in [-0.15, -0.1) is 0 Å². The molecule has 0 spiro atoms. The molecular weight excluding hydrogens is 210 g/mol. The van der Waals surface area contributed by atoms with Gasteiger partial charge in [-0.3, -0.25) is 0 Å². The number of hydrogen-bond donors (Lipinski definition) is 1. The van der Waals surface area contributed by atoms with Crippen LogP contribution in [0.15, 0.2) is 30.7 Å². The molecule has 0 bridgehead atoms. The van der Waals surface area contributed by atoms with E-state index in [4.69, 9.17) is 0 Å². The first-order valence-corrected chi connectivity index (χ1v) is 6.02. The number of aromatic nitrogens is 2. The summed E-state index contributed by atoms with van der Waals surface area (Å²) < 4.78 is 2.09. The third kappa shape index (κ3) is 2.56. The first kappa shape index (κ1) is 11.9. The van der Waals surface area contributed by atoms with Gasteiger partial charge in [-0.2, -0.15) is 0 Å². The van der Waals surface area contributed by atoms with E-state index in [1.165, 1.54) is 16.8 Å². The Kier molecular flexibility index (Phi) is 3.59. The summed E-state index contributed by atoms with van der Waals surface area (Å²) in [5, 5.41) is 3.28. The molecule has 1 heterocycles. The predicted molar refractivity (Wildman–Crippen MR) is 70.4 cm³/mol. The van der Waals surface area contributed by atoms with Crippen LogP contribution in [-0.4, -0.2) is 16.1 Å². The first-order valence-electron chi connectivity index (χ1n) is 6.02. The fourth-order valence-corrected chi connectivity index (χ4v) is 1.85. The minimum atomic E-state index is 0.828. The summed E-state index contributed by atoms with van der Waals surface area (Å²) in [6.45, 7) is 8.18. The molecule has 0 fully saturated rings. The normalized spacial score (nSPS) is 10.8. The van der Waals surface area contributed by atoms with E-state index in [2.05, 4.69) is 60.0 Å². The summed E-state index contributed by atoms with van der Waals surface area (Å²) in [7, 11) is 0. The van der Waals surface area contributed by atoms with Gasteiger partial charge in [0.25, 0.3) is 0 Å². The molecule has 0 aliphatic rings. The molecule has 90 valence electrons. The molecule has 2 rings (SSSR count). The van der Waals surface area contributed by atoms with Crippen molar-refractivity contribution in [3.05, 3.63) is 47.5 Å². The molecule has 0 atom stereocenters. The van der Waals surface area contributed by atoms with E-state index in [1.807, 2.05) is 6.33 Å². The standard InChI is InChI=1S/C14H19N3/c1-4-15-8-13-9-17(10-16-13)14-7-5-6-11(2)12(14)3/h5-7,9-10,15H,4,8H2,1-3H3. The maximum absolute atomic E-state index is 4.40. The molecule has 3 nitrogen and oxygen atoms in total. The van der Waals surface area contributed by atoms with Crippen LogP contribution in [0.25, 0.3) is 5.69 Å². The van der Waals surface area contributed by atoms with Crippen molar-refractivity contribution >= 4 is 0 Å².